The number of carbonyl (C=O) groups is 2. The van der Waals surface area contributed by atoms with Crippen molar-refractivity contribution in [1.82, 2.24) is 0 Å². The number of ether oxygens (including phenoxy) is 1. The van der Waals surface area contributed by atoms with Crippen LogP contribution >= 0.6 is 0 Å². The van der Waals surface area contributed by atoms with Gasteiger partial charge < -0.3 is 4.74 Å². The predicted molar refractivity (Wildman–Crippen MR) is 62.3 cm³/mol. The van der Waals surface area contributed by atoms with Crippen LogP contribution in [0.3, 0.4) is 0 Å². The maximum Gasteiger partial charge on any atom is 0.310 e. The number of esters is 1. The standard InChI is InChI=1S/C14H20O3/c15-11-8-7-10-12(11)13(10)14(16)17-9-5-3-1-2-4-6-9/h9-10,12-13H,1-8H2. The topological polar surface area (TPSA) is 43.4 Å². The van der Waals surface area contributed by atoms with Crippen LogP contribution in [0.2, 0.25) is 0 Å². The van der Waals surface area contributed by atoms with Gasteiger partial charge in [0.05, 0.1) is 5.92 Å². The second-order valence-electron chi connectivity index (χ2n) is 5.77. The Kier molecular flexibility index (Phi) is 2.93. The summed E-state index contributed by atoms with van der Waals surface area (Å²) in [5.74, 6) is 0.506. The molecule has 0 saturated heterocycles. The smallest absolute Gasteiger partial charge is 0.310 e. The lowest BCUT2D eigenvalue weighted by molar-refractivity contribution is -0.153. The van der Waals surface area contributed by atoms with E-state index in [0.29, 0.717) is 12.3 Å². The molecule has 0 aliphatic heterocycles. The summed E-state index contributed by atoms with van der Waals surface area (Å²) in [4.78, 5) is 23.4. The van der Waals surface area contributed by atoms with Crippen molar-refractivity contribution >= 4 is 11.8 Å². The summed E-state index contributed by atoms with van der Waals surface area (Å²) in [5, 5.41) is 0. The molecule has 3 heteroatoms. The largest absolute Gasteiger partial charge is 0.462 e. The zero-order valence-electron chi connectivity index (χ0n) is 10.2. The molecule has 0 bridgehead atoms. The molecular weight excluding hydrogens is 216 g/mol. The van der Waals surface area contributed by atoms with Crippen molar-refractivity contribution in [3.05, 3.63) is 0 Å². The van der Waals surface area contributed by atoms with Crippen LogP contribution < -0.4 is 0 Å². The molecule has 3 atom stereocenters. The van der Waals surface area contributed by atoms with Crippen LogP contribution in [0.1, 0.15) is 51.4 Å². The number of carbonyl (C=O) groups excluding carboxylic acids is 2. The molecule has 17 heavy (non-hydrogen) atoms. The van der Waals surface area contributed by atoms with Crippen molar-refractivity contribution in [1.29, 1.82) is 0 Å². The molecule has 0 aromatic rings. The number of hydrogen-bond acceptors (Lipinski definition) is 3. The first-order valence-electron chi connectivity index (χ1n) is 7.00. The molecule has 3 saturated carbocycles. The SMILES string of the molecule is O=C1CCC2C1C2C(=O)OC1CCCCCC1. The zero-order valence-corrected chi connectivity index (χ0v) is 10.2. The third-order valence-corrected chi connectivity index (χ3v) is 4.62. The molecule has 0 N–H and O–H groups in total. The van der Waals surface area contributed by atoms with E-state index in [0.717, 1.165) is 19.3 Å². The highest BCUT2D eigenvalue weighted by molar-refractivity contribution is 5.94. The lowest BCUT2D eigenvalue weighted by atomic mass is 10.1. The van der Waals surface area contributed by atoms with Gasteiger partial charge in [0.1, 0.15) is 11.9 Å². The fourth-order valence-corrected chi connectivity index (χ4v) is 3.57. The van der Waals surface area contributed by atoms with Gasteiger partial charge in [-0.1, -0.05) is 12.8 Å². The van der Waals surface area contributed by atoms with E-state index < -0.39 is 0 Å². The van der Waals surface area contributed by atoms with Gasteiger partial charge in [0.25, 0.3) is 0 Å². The van der Waals surface area contributed by atoms with E-state index in [-0.39, 0.29) is 29.7 Å². The van der Waals surface area contributed by atoms with Crippen LogP contribution in [0.15, 0.2) is 0 Å². The maximum absolute atomic E-state index is 12.0. The van der Waals surface area contributed by atoms with E-state index in [1.165, 1.54) is 25.7 Å². The molecular formula is C14H20O3. The Labute approximate surface area is 102 Å². The van der Waals surface area contributed by atoms with Gasteiger partial charge in [-0.15, -0.1) is 0 Å². The minimum absolute atomic E-state index is 0.0354. The third-order valence-electron chi connectivity index (χ3n) is 4.62. The molecule has 3 aliphatic carbocycles. The Morgan fingerprint density at radius 3 is 2.35 bits per heavy atom. The summed E-state index contributed by atoms with van der Waals surface area (Å²) >= 11 is 0. The van der Waals surface area contributed by atoms with Gasteiger partial charge in [0.2, 0.25) is 0 Å². The lowest BCUT2D eigenvalue weighted by Gasteiger charge is -2.15. The summed E-state index contributed by atoms with van der Waals surface area (Å²) in [7, 11) is 0. The molecule has 0 heterocycles. The van der Waals surface area contributed by atoms with Gasteiger partial charge in [-0.25, -0.2) is 0 Å². The molecule has 3 rings (SSSR count). The average Bonchev–Trinajstić information content (AvgIpc) is 2.99. The van der Waals surface area contributed by atoms with Crippen LogP contribution in [0.4, 0.5) is 0 Å². The zero-order chi connectivity index (χ0) is 11.8. The van der Waals surface area contributed by atoms with Gasteiger partial charge in [0, 0.05) is 12.3 Å². The summed E-state index contributed by atoms with van der Waals surface area (Å²) in [6, 6.07) is 0. The van der Waals surface area contributed by atoms with Crippen LogP contribution in [0.25, 0.3) is 0 Å². The molecule has 0 aromatic heterocycles. The maximum atomic E-state index is 12.0. The first kappa shape index (κ1) is 11.2. The summed E-state index contributed by atoms with van der Waals surface area (Å²) in [6.45, 7) is 0. The van der Waals surface area contributed by atoms with E-state index in [1.54, 1.807) is 0 Å². The molecule has 0 radical (unpaired) electrons. The Balaban J connectivity index is 1.52. The molecule has 0 spiro atoms. The molecule has 0 amide bonds. The number of rotatable bonds is 2. The molecule has 3 aliphatic rings. The van der Waals surface area contributed by atoms with Gasteiger partial charge in [0.15, 0.2) is 0 Å². The van der Waals surface area contributed by atoms with Crippen LogP contribution in [-0.2, 0) is 14.3 Å². The van der Waals surface area contributed by atoms with Crippen molar-refractivity contribution in [3.8, 4) is 0 Å². The molecule has 3 unspecified atom stereocenters. The second-order valence-corrected chi connectivity index (χ2v) is 5.77. The Bertz CT molecular complexity index is 328. The minimum Gasteiger partial charge on any atom is -0.462 e. The lowest BCUT2D eigenvalue weighted by Crippen LogP contribution is -2.21. The quantitative estimate of drug-likeness (QED) is 0.546. The van der Waals surface area contributed by atoms with E-state index >= 15 is 0 Å². The van der Waals surface area contributed by atoms with E-state index in [2.05, 4.69) is 0 Å². The van der Waals surface area contributed by atoms with Crippen molar-refractivity contribution in [3.63, 3.8) is 0 Å². The Morgan fingerprint density at radius 1 is 1.06 bits per heavy atom. The van der Waals surface area contributed by atoms with Crippen molar-refractivity contribution in [2.75, 3.05) is 0 Å². The van der Waals surface area contributed by atoms with E-state index in [4.69, 9.17) is 4.74 Å². The average molecular weight is 236 g/mol. The highest BCUT2D eigenvalue weighted by Crippen LogP contribution is 2.56. The van der Waals surface area contributed by atoms with Gasteiger partial charge >= 0.3 is 5.97 Å². The molecule has 3 nitrogen and oxygen atoms in total. The molecule has 94 valence electrons. The van der Waals surface area contributed by atoms with Crippen LogP contribution in [-0.4, -0.2) is 17.9 Å². The van der Waals surface area contributed by atoms with Gasteiger partial charge in [-0.05, 0) is 38.0 Å². The van der Waals surface area contributed by atoms with Crippen molar-refractivity contribution < 1.29 is 14.3 Å². The minimum atomic E-state index is -0.0834. The fraction of sp³-hybridized carbons (Fsp3) is 0.857. The van der Waals surface area contributed by atoms with E-state index in [9.17, 15) is 9.59 Å². The summed E-state index contributed by atoms with van der Waals surface area (Å²) < 4.78 is 5.59. The normalized spacial score (nSPS) is 37.4. The molecule has 3 fully saturated rings. The van der Waals surface area contributed by atoms with Gasteiger partial charge in [-0.2, -0.15) is 0 Å². The van der Waals surface area contributed by atoms with Crippen molar-refractivity contribution in [2.24, 2.45) is 17.8 Å². The number of hydrogen-bond donors (Lipinski definition) is 0. The Morgan fingerprint density at radius 2 is 1.76 bits per heavy atom. The van der Waals surface area contributed by atoms with Crippen molar-refractivity contribution in [2.45, 2.75) is 57.5 Å². The first-order chi connectivity index (χ1) is 8.27. The Hall–Kier alpha value is -0.860. The summed E-state index contributed by atoms with van der Waals surface area (Å²) in [6.07, 6.45) is 8.63. The van der Waals surface area contributed by atoms with E-state index in [1.807, 2.05) is 0 Å². The second kappa shape index (κ2) is 4.43. The first-order valence-corrected chi connectivity index (χ1v) is 7.00. The highest BCUT2D eigenvalue weighted by Gasteiger charge is 2.62. The predicted octanol–water partition coefficient (Wildman–Crippen LogP) is 2.48. The molecule has 0 aromatic carbocycles. The number of fused-ring (bicyclic) bond motifs is 1. The van der Waals surface area contributed by atoms with Crippen LogP contribution in [0.5, 0.6) is 0 Å². The number of ketones is 1. The highest BCUT2D eigenvalue weighted by atomic mass is 16.5. The fourth-order valence-electron chi connectivity index (χ4n) is 3.57. The van der Waals surface area contributed by atoms with Gasteiger partial charge in [-0.3, -0.25) is 9.59 Å². The monoisotopic (exact) mass is 236 g/mol. The number of Topliss-reactive ketones (excluding diaryl/α,β-unsaturated/α-hetero) is 1. The summed E-state index contributed by atoms with van der Waals surface area (Å²) in [5.41, 5.74) is 0. The van der Waals surface area contributed by atoms with Crippen LogP contribution in [0, 0.1) is 17.8 Å². The third kappa shape index (κ3) is 2.12.